The lowest BCUT2D eigenvalue weighted by molar-refractivity contribution is 1.09. The normalized spacial score (nSPS) is 9.25. The van der Waals surface area contributed by atoms with E-state index in [0.717, 1.165) is 11.3 Å². The highest BCUT2D eigenvalue weighted by Crippen LogP contribution is 2.00. The molecule has 0 aromatic carbocycles. The molecular weight excluding hydrogens is 148 g/mol. The molecule has 0 unspecified atom stereocenters. The van der Waals surface area contributed by atoms with E-state index in [2.05, 4.69) is 4.98 Å². The first kappa shape index (κ1) is 8.78. The van der Waals surface area contributed by atoms with Gasteiger partial charge in [-0.25, -0.2) is 4.98 Å². The number of nitrogens with zero attached hydrogens (tertiary/aromatic N) is 2. The van der Waals surface area contributed by atoms with E-state index in [4.69, 9.17) is 0 Å². The van der Waals surface area contributed by atoms with Gasteiger partial charge in [-0.05, 0) is 25.1 Å². The van der Waals surface area contributed by atoms with Gasteiger partial charge in [0.05, 0.1) is 0 Å². The molecule has 0 amide bonds. The van der Waals surface area contributed by atoms with Crippen LogP contribution in [0.25, 0.3) is 5.65 Å². The number of fused-ring (bicyclic) bond motifs is 1. The van der Waals surface area contributed by atoms with Gasteiger partial charge in [0.2, 0.25) is 0 Å². The maximum Gasteiger partial charge on any atom is 0.136 e. The van der Waals surface area contributed by atoms with Gasteiger partial charge in [-0.15, -0.1) is 0 Å². The minimum Gasteiger partial charge on any atom is -0.309 e. The Bertz CT molecular complexity index is 349. The molecule has 0 saturated carbocycles. The van der Waals surface area contributed by atoms with Crippen LogP contribution in [0.1, 0.15) is 19.5 Å². The van der Waals surface area contributed by atoms with Crippen molar-refractivity contribution in [3.05, 3.63) is 36.3 Å². The molecule has 2 heterocycles. The molecule has 0 aliphatic heterocycles. The van der Waals surface area contributed by atoms with E-state index in [1.807, 2.05) is 55.8 Å². The molecule has 64 valence electrons. The molecule has 2 heteroatoms. The topological polar surface area (TPSA) is 17.3 Å². The molecule has 2 aromatic rings. The lowest BCUT2D eigenvalue weighted by atomic mass is 10.4. The van der Waals surface area contributed by atoms with Crippen molar-refractivity contribution in [1.82, 2.24) is 9.38 Å². The van der Waals surface area contributed by atoms with Gasteiger partial charge < -0.3 is 4.40 Å². The Morgan fingerprint density at radius 3 is 2.67 bits per heavy atom. The van der Waals surface area contributed by atoms with E-state index < -0.39 is 0 Å². The standard InChI is InChI=1S/C8H8N2.C2H6/c1-7-4-6-10-5-2-3-8(10)9-7;1-2/h2-6H,1H3;1-2H3. The maximum atomic E-state index is 4.30. The first-order chi connectivity index (χ1) is 5.86. The Labute approximate surface area is 72.9 Å². The molecule has 0 radical (unpaired) electrons. The molecule has 0 bridgehead atoms. The summed E-state index contributed by atoms with van der Waals surface area (Å²) in [4.78, 5) is 4.30. The van der Waals surface area contributed by atoms with Crippen molar-refractivity contribution < 1.29 is 0 Å². The lowest BCUT2D eigenvalue weighted by Crippen LogP contribution is -1.86. The summed E-state index contributed by atoms with van der Waals surface area (Å²) in [6, 6.07) is 5.97. The van der Waals surface area contributed by atoms with Crippen LogP contribution in [-0.4, -0.2) is 9.38 Å². The summed E-state index contributed by atoms with van der Waals surface area (Å²) < 4.78 is 1.99. The van der Waals surface area contributed by atoms with Crippen LogP contribution >= 0.6 is 0 Å². The Kier molecular flexibility index (Phi) is 2.86. The second kappa shape index (κ2) is 3.90. The number of aryl methyl sites for hydroxylation is 1. The number of hydrogen-bond acceptors (Lipinski definition) is 1. The zero-order valence-electron chi connectivity index (χ0n) is 7.78. The van der Waals surface area contributed by atoms with E-state index >= 15 is 0 Å². The predicted octanol–water partition coefficient (Wildman–Crippen LogP) is 2.67. The molecule has 2 aromatic heterocycles. The molecule has 0 aliphatic carbocycles. The van der Waals surface area contributed by atoms with Crippen molar-refractivity contribution >= 4 is 5.65 Å². The van der Waals surface area contributed by atoms with Crippen molar-refractivity contribution in [2.24, 2.45) is 0 Å². The summed E-state index contributed by atoms with van der Waals surface area (Å²) in [6.45, 7) is 5.99. The quantitative estimate of drug-likeness (QED) is 0.582. The Hall–Kier alpha value is -1.31. The highest BCUT2D eigenvalue weighted by molar-refractivity contribution is 5.38. The summed E-state index contributed by atoms with van der Waals surface area (Å²) >= 11 is 0. The van der Waals surface area contributed by atoms with Crippen molar-refractivity contribution in [2.45, 2.75) is 20.8 Å². The maximum absolute atomic E-state index is 4.30. The summed E-state index contributed by atoms with van der Waals surface area (Å²) in [7, 11) is 0. The molecule has 0 spiro atoms. The molecule has 12 heavy (non-hydrogen) atoms. The molecule has 0 N–H and O–H groups in total. The molecule has 0 aliphatic rings. The Balaban J connectivity index is 0.000000336. The average Bonchev–Trinajstić information content (AvgIpc) is 2.54. The fraction of sp³-hybridized carbons (Fsp3) is 0.300. The zero-order chi connectivity index (χ0) is 8.97. The number of aromatic nitrogens is 2. The van der Waals surface area contributed by atoms with Gasteiger partial charge in [-0.3, -0.25) is 0 Å². The SMILES string of the molecule is CC.Cc1ccn2cccc2n1. The third kappa shape index (κ3) is 1.64. The van der Waals surface area contributed by atoms with Crippen molar-refractivity contribution in [2.75, 3.05) is 0 Å². The van der Waals surface area contributed by atoms with E-state index in [0.29, 0.717) is 0 Å². The molecule has 2 rings (SSSR count). The van der Waals surface area contributed by atoms with Crippen molar-refractivity contribution in [3.8, 4) is 0 Å². The third-order valence-electron chi connectivity index (χ3n) is 1.52. The van der Waals surface area contributed by atoms with Gasteiger partial charge in [0.15, 0.2) is 0 Å². The highest BCUT2D eigenvalue weighted by Gasteiger charge is 1.90. The smallest absolute Gasteiger partial charge is 0.136 e. The Morgan fingerprint density at radius 2 is 1.92 bits per heavy atom. The van der Waals surface area contributed by atoms with Crippen LogP contribution in [0.15, 0.2) is 30.6 Å². The van der Waals surface area contributed by atoms with Crippen LogP contribution in [0.3, 0.4) is 0 Å². The van der Waals surface area contributed by atoms with E-state index in [9.17, 15) is 0 Å². The van der Waals surface area contributed by atoms with Crippen molar-refractivity contribution in [3.63, 3.8) is 0 Å². The lowest BCUT2D eigenvalue weighted by Gasteiger charge is -1.93. The van der Waals surface area contributed by atoms with Crippen LogP contribution in [0.4, 0.5) is 0 Å². The van der Waals surface area contributed by atoms with E-state index in [-0.39, 0.29) is 0 Å². The van der Waals surface area contributed by atoms with Crippen LogP contribution in [-0.2, 0) is 0 Å². The highest BCUT2D eigenvalue weighted by atomic mass is 15.0. The van der Waals surface area contributed by atoms with Gasteiger partial charge in [0, 0.05) is 18.1 Å². The van der Waals surface area contributed by atoms with Gasteiger partial charge >= 0.3 is 0 Å². The monoisotopic (exact) mass is 162 g/mol. The second-order valence-electron chi connectivity index (χ2n) is 2.34. The predicted molar refractivity (Wildman–Crippen MR) is 51.3 cm³/mol. The first-order valence-corrected chi connectivity index (χ1v) is 4.26. The summed E-state index contributed by atoms with van der Waals surface area (Å²) in [6.07, 6.45) is 4.00. The summed E-state index contributed by atoms with van der Waals surface area (Å²) in [5, 5.41) is 0. The third-order valence-corrected chi connectivity index (χ3v) is 1.52. The number of hydrogen-bond donors (Lipinski definition) is 0. The van der Waals surface area contributed by atoms with Gasteiger partial charge in [-0.2, -0.15) is 0 Å². The fourth-order valence-corrected chi connectivity index (χ4v) is 1.01. The first-order valence-electron chi connectivity index (χ1n) is 4.26. The average molecular weight is 162 g/mol. The molecule has 0 fully saturated rings. The fourth-order valence-electron chi connectivity index (χ4n) is 1.01. The van der Waals surface area contributed by atoms with Crippen LogP contribution in [0.2, 0.25) is 0 Å². The molecule has 2 nitrogen and oxygen atoms in total. The molecule has 0 saturated heterocycles. The minimum absolute atomic E-state index is 1.01. The summed E-state index contributed by atoms with van der Waals surface area (Å²) in [5.74, 6) is 0. The van der Waals surface area contributed by atoms with Gasteiger partial charge in [-0.1, -0.05) is 13.8 Å². The molecule has 0 atom stereocenters. The van der Waals surface area contributed by atoms with Crippen LogP contribution < -0.4 is 0 Å². The van der Waals surface area contributed by atoms with E-state index in [1.54, 1.807) is 0 Å². The minimum atomic E-state index is 1.01. The zero-order valence-corrected chi connectivity index (χ0v) is 7.78. The van der Waals surface area contributed by atoms with Gasteiger partial charge in [0.25, 0.3) is 0 Å². The van der Waals surface area contributed by atoms with Crippen LogP contribution in [0, 0.1) is 6.92 Å². The van der Waals surface area contributed by atoms with Gasteiger partial charge in [0.1, 0.15) is 5.65 Å². The molecular formula is C10H14N2. The Morgan fingerprint density at radius 1 is 1.17 bits per heavy atom. The summed E-state index contributed by atoms with van der Waals surface area (Å²) in [5.41, 5.74) is 2.08. The largest absolute Gasteiger partial charge is 0.309 e. The number of rotatable bonds is 0. The van der Waals surface area contributed by atoms with Crippen LogP contribution in [0.5, 0.6) is 0 Å². The van der Waals surface area contributed by atoms with Crippen molar-refractivity contribution in [1.29, 1.82) is 0 Å². The second-order valence-corrected chi connectivity index (χ2v) is 2.34. The van der Waals surface area contributed by atoms with E-state index in [1.165, 1.54) is 0 Å².